The van der Waals surface area contributed by atoms with E-state index < -0.39 is 0 Å². The average Bonchev–Trinajstić information content (AvgIpc) is 3.07. The summed E-state index contributed by atoms with van der Waals surface area (Å²) in [5.74, 6) is 2.75. The van der Waals surface area contributed by atoms with Crippen molar-refractivity contribution >= 4 is 5.96 Å². The zero-order valence-electron chi connectivity index (χ0n) is 17.9. The van der Waals surface area contributed by atoms with Crippen LogP contribution in [0.5, 0.6) is 0 Å². The van der Waals surface area contributed by atoms with Crippen LogP contribution in [0.25, 0.3) is 0 Å². The van der Waals surface area contributed by atoms with E-state index in [1.165, 1.54) is 0 Å². The quantitative estimate of drug-likeness (QED) is 0.373. The maximum Gasteiger partial charge on any atom is 0.213 e. The SMILES string of the molecule is C=CCN(CC=C)C(CNC(=NC)NCc1ncc(C(C)(C)C)o1)C(C)C. The van der Waals surface area contributed by atoms with Gasteiger partial charge in [-0.25, -0.2) is 4.98 Å². The molecule has 6 nitrogen and oxygen atoms in total. The van der Waals surface area contributed by atoms with Crippen LogP contribution in [0.2, 0.25) is 0 Å². The van der Waals surface area contributed by atoms with Crippen molar-refractivity contribution in [2.24, 2.45) is 10.9 Å². The van der Waals surface area contributed by atoms with Crippen LogP contribution in [0.3, 0.4) is 0 Å². The monoisotopic (exact) mass is 375 g/mol. The fourth-order valence-electron chi connectivity index (χ4n) is 2.78. The Bertz CT molecular complexity index is 602. The van der Waals surface area contributed by atoms with Crippen LogP contribution in [0.1, 0.15) is 46.3 Å². The molecule has 0 saturated carbocycles. The fraction of sp³-hybridized carbons (Fsp3) is 0.619. The van der Waals surface area contributed by atoms with E-state index in [2.05, 4.69) is 73.3 Å². The summed E-state index contributed by atoms with van der Waals surface area (Å²) < 4.78 is 5.82. The van der Waals surface area contributed by atoms with Crippen molar-refractivity contribution in [3.05, 3.63) is 43.2 Å². The van der Waals surface area contributed by atoms with Crippen molar-refractivity contribution in [3.63, 3.8) is 0 Å². The largest absolute Gasteiger partial charge is 0.443 e. The number of nitrogens with one attached hydrogen (secondary N) is 2. The Morgan fingerprint density at radius 2 is 1.89 bits per heavy atom. The molecule has 0 radical (unpaired) electrons. The number of rotatable bonds is 10. The van der Waals surface area contributed by atoms with Gasteiger partial charge in [-0.3, -0.25) is 9.89 Å². The lowest BCUT2D eigenvalue weighted by atomic mass is 9.94. The standard InChI is InChI=1S/C21H37N5O/c1-9-11-26(12-10-2)17(16(3)4)13-24-20(22-8)25-15-19-23-14-18(27-19)21(5,6)7/h9-10,14,16-17H,1-2,11-13,15H2,3-8H3,(H2,22,24,25). The summed E-state index contributed by atoms with van der Waals surface area (Å²) in [6, 6.07) is 0.341. The highest BCUT2D eigenvalue weighted by Crippen LogP contribution is 2.22. The molecule has 152 valence electrons. The van der Waals surface area contributed by atoms with Gasteiger partial charge in [-0.1, -0.05) is 46.8 Å². The predicted octanol–water partition coefficient (Wildman–Crippen LogP) is 3.34. The average molecular weight is 376 g/mol. The summed E-state index contributed by atoms with van der Waals surface area (Å²) in [4.78, 5) is 11.0. The van der Waals surface area contributed by atoms with Gasteiger partial charge in [0.25, 0.3) is 0 Å². The minimum Gasteiger partial charge on any atom is -0.443 e. The van der Waals surface area contributed by atoms with Crippen LogP contribution < -0.4 is 10.6 Å². The van der Waals surface area contributed by atoms with Crippen molar-refractivity contribution in [1.82, 2.24) is 20.5 Å². The van der Waals surface area contributed by atoms with Gasteiger partial charge in [0.1, 0.15) is 5.76 Å². The fourth-order valence-corrected chi connectivity index (χ4v) is 2.78. The molecule has 0 saturated heterocycles. The Balaban J connectivity index is 2.64. The maximum atomic E-state index is 5.82. The molecule has 2 N–H and O–H groups in total. The van der Waals surface area contributed by atoms with Crippen LogP contribution in [-0.2, 0) is 12.0 Å². The van der Waals surface area contributed by atoms with Crippen molar-refractivity contribution in [3.8, 4) is 0 Å². The molecule has 1 aromatic rings. The molecule has 0 aromatic carbocycles. The molecule has 0 fully saturated rings. The lowest BCUT2D eigenvalue weighted by Crippen LogP contribution is -2.49. The van der Waals surface area contributed by atoms with Crippen molar-refractivity contribution in [2.45, 2.75) is 52.6 Å². The molecule has 6 heteroatoms. The second-order valence-electron chi connectivity index (χ2n) is 8.02. The van der Waals surface area contributed by atoms with Gasteiger partial charge >= 0.3 is 0 Å². The molecule has 1 aromatic heterocycles. The van der Waals surface area contributed by atoms with Crippen LogP contribution in [0, 0.1) is 5.92 Å². The Morgan fingerprint density at radius 3 is 2.33 bits per heavy atom. The first-order valence-corrected chi connectivity index (χ1v) is 9.58. The highest BCUT2D eigenvalue weighted by Gasteiger charge is 2.21. The van der Waals surface area contributed by atoms with E-state index in [9.17, 15) is 0 Å². The lowest BCUT2D eigenvalue weighted by Gasteiger charge is -2.33. The van der Waals surface area contributed by atoms with Crippen molar-refractivity contribution in [1.29, 1.82) is 0 Å². The molecule has 0 aliphatic rings. The van der Waals surface area contributed by atoms with E-state index in [4.69, 9.17) is 4.42 Å². The lowest BCUT2D eigenvalue weighted by molar-refractivity contribution is 0.190. The first-order chi connectivity index (χ1) is 12.7. The molecule has 1 heterocycles. The van der Waals surface area contributed by atoms with E-state index in [-0.39, 0.29) is 5.41 Å². The molecule has 1 atom stereocenters. The third kappa shape index (κ3) is 7.59. The van der Waals surface area contributed by atoms with Crippen molar-refractivity contribution in [2.75, 3.05) is 26.7 Å². The second-order valence-corrected chi connectivity index (χ2v) is 8.02. The van der Waals surface area contributed by atoms with Gasteiger partial charge < -0.3 is 15.1 Å². The van der Waals surface area contributed by atoms with Crippen LogP contribution in [0.15, 0.2) is 40.9 Å². The number of hydrogen-bond donors (Lipinski definition) is 2. The number of nitrogens with zero attached hydrogens (tertiary/aromatic N) is 3. The number of guanidine groups is 1. The number of hydrogen-bond acceptors (Lipinski definition) is 4. The molecule has 0 amide bonds. The first-order valence-electron chi connectivity index (χ1n) is 9.58. The molecule has 0 aliphatic carbocycles. The van der Waals surface area contributed by atoms with Gasteiger partial charge in [0, 0.05) is 38.1 Å². The summed E-state index contributed by atoms with van der Waals surface area (Å²) in [6.45, 7) is 21.4. The summed E-state index contributed by atoms with van der Waals surface area (Å²) in [5.41, 5.74) is -0.0462. The molecule has 1 rings (SSSR count). The molecule has 0 spiro atoms. The third-order valence-corrected chi connectivity index (χ3v) is 4.37. The normalized spacial score (nSPS) is 13.7. The number of aliphatic imine (C=N–C) groups is 1. The second kappa shape index (κ2) is 10.9. The Kier molecular flexibility index (Phi) is 9.29. The highest BCUT2D eigenvalue weighted by molar-refractivity contribution is 5.79. The summed E-state index contributed by atoms with van der Waals surface area (Å²) >= 11 is 0. The topological polar surface area (TPSA) is 65.7 Å². The Labute approximate surface area is 164 Å². The van der Waals surface area contributed by atoms with E-state index >= 15 is 0 Å². The smallest absolute Gasteiger partial charge is 0.213 e. The number of oxazole rings is 1. The highest BCUT2D eigenvalue weighted by atomic mass is 16.4. The van der Waals surface area contributed by atoms with Gasteiger partial charge in [0.2, 0.25) is 5.89 Å². The van der Waals surface area contributed by atoms with Crippen LogP contribution >= 0.6 is 0 Å². The van der Waals surface area contributed by atoms with E-state index in [0.717, 1.165) is 31.4 Å². The molecule has 27 heavy (non-hydrogen) atoms. The maximum absolute atomic E-state index is 5.82. The van der Waals surface area contributed by atoms with Gasteiger partial charge in [0.15, 0.2) is 5.96 Å². The van der Waals surface area contributed by atoms with Gasteiger partial charge in [-0.15, -0.1) is 13.2 Å². The van der Waals surface area contributed by atoms with Gasteiger partial charge in [-0.2, -0.15) is 0 Å². The Hall–Kier alpha value is -2.08. The molecule has 0 aliphatic heterocycles. The molecular formula is C21H37N5O. The number of aromatic nitrogens is 1. The third-order valence-electron chi connectivity index (χ3n) is 4.37. The summed E-state index contributed by atoms with van der Waals surface area (Å²) in [6.07, 6.45) is 5.66. The van der Waals surface area contributed by atoms with E-state index in [0.29, 0.717) is 24.4 Å². The van der Waals surface area contributed by atoms with E-state index in [1.807, 2.05) is 12.2 Å². The van der Waals surface area contributed by atoms with Gasteiger partial charge in [0.05, 0.1) is 12.7 Å². The summed E-state index contributed by atoms with van der Waals surface area (Å²) in [5, 5.41) is 6.69. The van der Waals surface area contributed by atoms with Crippen LogP contribution in [0.4, 0.5) is 0 Å². The van der Waals surface area contributed by atoms with E-state index in [1.54, 1.807) is 13.2 Å². The zero-order valence-corrected chi connectivity index (χ0v) is 17.9. The molecule has 0 bridgehead atoms. The minimum absolute atomic E-state index is 0.0462. The first kappa shape index (κ1) is 23.0. The zero-order chi connectivity index (χ0) is 20.4. The Morgan fingerprint density at radius 1 is 1.26 bits per heavy atom. The summed E-state index contributed by atoms with van der Waals surface area (Å²) in [7, 11) is 1.76. The minimum atomic E-state index is -0.0462. The van der Waals surface area contributed by atoms with Crippen molar-refractivity contribution < 1.29 is 4.42 Å². The predicted molar refractivity (Wildman–Crippen MR) is 114 cm³/mol. The molecular weight excluding hydrogens is 338 g/mol. The van der Waals surface area contributed by atoms with Gasteiger partial charge in [-0.05, 0) is 5.92 Å². The molecule has 1 unspecified atom stereocenters. The van der Waals surface area contributed by atoms with Crippen LogP contribution in [-0.4, -0.2) is 48.6 Å².